The third-order valence-corrected chi connectivity index (χ3v) is 9.19. The fourth-order valence-electron chi connectivity index (χ4n) is 3.88. The second-order valence-corrected chi connectivity index (χ2v) is 12.7. The van der Waals surface area contributed by atoms with Gasteiger partial charge in [0.1, 0.15) is 36.1 Å². The van der Waals surface area contributed by atoms with E-state index in [9.17, 15) is 24.2 Å². The van der Waals surface area contributed by atoms with Gasteiger partial charge in [0, 0.05) is 17.5 Å². The lowest BCUT2D eigenvalue weighted by atomic mass is 9.99. The maximum Gasteiger partial charge on any atom is 0.340 e. The van der Waals surface area contributed by atoms with E-state index in [0.29, 0.717) is 11.9 Å². The molecule has 0 amide bonds. The molecule has 1 aromatic heterocycles. The molecule has 3 aromatic rings. The maximum atomic E-state index is 15.2. The smallest absolute Gasteiger partial charge is 0.340 e. The molecular weight excluding hydrogens is 555 g/mol. The van der Waals surface area contributed by atoms with Gasteiger partial charge >= 0.3 is 15.2 Å². The second kappa shape index (κ2) is 11.0. The minimum atomic E-state index is -4.87. The van der Waals surface area contributed by atoms with Crippen LogP contribution in [-0.4, -0.2) is 65.7 Å². The van der Waals surface area contributed by atoms with Gasteiger partial charge in [-0.25, -0.2) is 14.4 Å². The van der Waals surface area contributed by atoms with Crippen LogP contribution in [-0.2, 0) is 24.9 Å². The van der Waals surface area contributed by atoms with E-state index in [1.165, 1.54) is 6.07 Å². The van der Waals surface area contributed by atoms with Crippen LogP contribution in [0.25, 0.3) is 10.9 Å². The first-order chi connectivity index (χ1) is 17.3. The molecule has 4 rings (SSSR count). The molecule has 1 aliphatic heterocycles. The number of aromatic nitrogens is 2. The van der Waals surface area contributed by atoms with E-state index in [1.54, 1.807) is 0 Å². The van der Waals surface area contributed by atoms with Gasteiger partial charge in [-0.2, -0.15) is 0 Å². The zero-order valence-electron chi connectivity index (χ0n) is 18.9. The highest BCUT2D eigenvalue weighted by Gasteiger charge is 2.45. The lowest BCUT2D eigenvalue weighted by Gasteiger charge is -2.18. The van der Waals surface area contributed by atoms with Gasteiger partial charge in [0.2, 0.25) is 5.28 Å². The standard InChI is InChI=1S/C21H23ClFN3O9P2/c22-21-25-15-7-12(14(23)6-13(15)20(26-21)24-8-11-4-2-1-3-5-11)19-18(28)17(27)16(35-19)9-34-37(32,33)10-36(29,30)31/h1-7,16-19,27-28H,8-10H2,(H,32,33)(H,24,25,26)(H2,29,30,31)/t16-,17-,18-,19+/m1/s1. The average molecular weight is 578 g/mol. The number of aliphatic hydroxyl groups excluding tert-OH is 2. The Hall–Kier alpha value is -2.02. The van der Waals surface area contributed by atoms with Crippen molar-refractivity contribution in [2.45, 2.75) is 31.0 Å². The van der Waals surface area contributed by atoms with Crippen molar-refractivity contribution in [3.8, 4) is 0 Å². The molecule has 16 heteroatoms. The summed E-state index contributed by atoms with van der Waals surface area (Å²) in [5, 5.41) is 24.1. The normalized spacial score (nSPS) is 23.8. The molecule has 12 nitrogen and oxygen atoms in total. The molecule has 1 fully saturated rings. The van der Waals surface area contributed by atoms with E-state index in [1.807, 2.05) is 30.3 Å². The summed E-state index contributed by atoms with van der Waals surface area (Å²) in [6, 6.07) is 11.8. The Morgan fingerprint density at radius 1 is 1.08 bits per heavy atom. The molecule has 0 bridgehead atoms. The maximum absolute atomic E-state index is 15.2. The molecule has 6 N–H and O–H groups in total. The number of aliphatic hydroxyl groups is 2. The summed E-state index contributed by atoms with van der Waals surface area (Å²) in [6.07, 6.45) is -6.13. The fraction of sp³-hybridized carbons (Fsp3) is 0.333. The van der Waals surface area contributed by atoms with Crippen LogP contribution in [0.4, 0.5) is 10.2 Å². The molecule has 0 radical (unpaired) electrons. The highest BCUT2D eigenvalue weighted by Crippen LogP contribution is 2.55. The summed E-state index contributed by atoms with van der Waals surface area (Å²) in [5.74, 6) is -1.98. The summed E-state index contributed by atoms with van der Waals surface area (Å²) in [5.41, 5.74) is 0.992. The molecule has 2 heterocycles. The number of nitrogens with zero attached hydrogens (tertiary/aromatic N) is 2. The Morgan fingerprint density at radius 3 is 2.46 bits per heavy atom. The first-order valence-corrected chi connectivity index (χ1v) is 14.7. The van der Waals surface area contributed by atoms with Crippen molar-refractivity contribution in [3.05, 3.63) is 64.7 Å². The van der Waals surface area contributed by atoms with Gasteiger partial charge in [-0.05, 0) is 29.3 Å². The van der Waals surface area contributed by atoms with E-state index < -0.39 is 57.9 Å². The summed E-state index contributed by atoms with van der Waals surface area (Å²) in [4.78, 5) is 35.6. The van der Waals surface area contributed by atoms with E-state index in [4.69, 9.17) is 26.1 Å². The molecule has 200 valence electrons. The molecular formula is C21H23ClFN3O9P2. The molecule has 1 saturated heterocycles. The van der Waals surface area contributed by atoms with Crippen molar-refractivity contribution in [2.75, 3.05) is 17.8 Å². The van der Waals surface area contributed by atoms with Crippen LogP contribution in [0.2, 0.25) is 5.28 Å². The van der Waals surface area contributed by atoms with E-state index in [0.717, 1.165) is 11.6 Å². The number of hydrogen-bond donors (Lipinski definition) is 6. The topological polar surface area (TPSA) is 192 Å². The Bertz CT molecular complexity index is 1380. The Morgan fingerprint density at radius 2 is 1.78 bits per heavy atom. The molecule has 1 aliphatic rings. The second-order valence-electron chi connectivity index (χ2n) is 8.39. The van der Waals surface area contributed by atoms with Crippen molar-refractivity contribution in [1.82, 2.24) is 9.97 Å². The molecule has 37 heavy (non-hydrogen) atoms. The number of hydrogen-bond acceptors (Lipinski definition) is 9. The SMILES string of the molecule is O=P(O)(O)CP(=O)(O)OC[C@H]1O[C@@H](c2cc3nc(Cl)nc(NCc4ccccc4)c3cc2F)[C@H](O)[C@@H]1O. The predicted octanol–water partition coefficient (Wildman–Crippen LogP) is 2.53. The number of nitrogens with one attached hydrogen (secondary N) is 1. The van der Waals surface area contributed by atoms with Crippen molar-refractivity contribution < 1.29 is 47.7 Å². The average Bonchev–Trinajstić information content (AvgIpc) is 3.09. The number of anilines is 1. The van der Waals surface area contributed by atoms with Crippen LogP contribution in [0.3, 0.4) is 0 Å². The summed E-state index contributed by atoms with van der Waals surface area (Å²) in [7, 11) is -9.60. The number of fused-ring (bicyclic) bond motifs is 1. The van der Waals surface area contributed by atoms with Crippen LogP contribution in [0, 0.1) is 5.82 Å². The van der Waals surface area contributed by atoms with Crippen LogP contribution in [0.15, 0.2) is 42.5 Å². The predicted molar refractivity (Wildman–Crippen MR) is 131 cm³/mol. The van der Waals surface area contributed by atoms with Gasteiger partial charge in [-0.3, -0.25) is 9.13 Å². The first kappa shape index (κ1) is 28.0. The van der Waals surface area contributed by atoms with Gasteiger partial charge in [0.25, 0.3) is 0 Å². The fourth-order valence-corrected chi connectivity index (χ4v) is 6.62. The van der Waals surface area contributed by atoms with Crippen molar-refractivity contribution in [1.29, 1.82) is 0 Å². The Labute approximate surface area is 214 Å². The van der Waals surface area contributed by atoms with Crippen LogP contribution in [0.5, 0.6) is 0 Å². The molecule has 0 spiro atoms. The zero-order valence-corrected chi connectivity index (χ0v) is 21.4. The summed E-state index contributed by atoms with van der Waals surface area (Å²) >= 11 is 6.06. The summed E-state index contributed by atoms with van der Waals surface area (Å²) < 4.78 is 48.3. The van der Waals surface area contributed by atoms with Gasteiger partial charge in [0.05, 0.1) is 12.1 Å². The summed E-state index contributed by atoms with van der Waals surface area (Å²) in [6.45, 7) is -0.416. The van der Waals surface area contributed by atoms with Crippen LogP contribution >= 0.6 is 26.8 Å². The third-order valence-electron chi connectivity index (χ3n) is 5.56. The zero-order chi connectivity index (χ0) is 27.0. The van der Waals surface area contributed by atoms with Crippen molar-refractivity contribution in [2.24, 2.45) is 0 Å². The largest absolute Gasteiger partial charge is 0.387 e. The van der Waals surface area contributed by atoms with Gasteiger partial charge < -0.3 is 39.5 Å². The van der Waals surface area contributed by atoms with Crippen LogP contribution in [0.1, 0.15) is 17.2 Å². The number of ether oxygens (including phenoxy) is 1. The lowest BCUT2D eigenvalue weighted by Crippen LogP contribution is -2.33. The van der Waals surface area contributed by atoms with Crippen molar-refractivity contribution >= 4 is 43.5 Å². The first-order valence-electron chi connectivity index (χ1n) is 10.8. The van der Waals surface area contributed by atoms with Gasteiger partial charge in [-0.15, -0.1) is 0 Å². The number of halogens is 2. The minimum Gasteiger partial charge on any atom is -0.387 e. The number of rotatable bonds is 9. The monoisotopic (exact) mass is 577 g/mol. The van der Waals surface area contributed by atoms with Crippen LogP contribution < -0.4 is 5.32 Å². The Balaban J connectivity index is 1.55. The molecule has 0 aliphatic carbocycles. The van der Waals surface area contributed by atoms with E-state index in [-0.39, 0.29) is 22.2 Å². The molecule has 1 unspecified atom stereocenters. The van der Waals surface area contributed by atoms with Gasteiger partial charge in [-0.1, -0.05) is 30.3 Å². The molecule has 0 saturated carbocycles. The minimum absolute atomic E-state index is 0.122. The quantitative estimate of drug-likeness (QED) is 0.161. The number of benzene rings is 2. The van der Waals surface area contributed by atoms with Crippen molar-refractivity contribution in [3.63, 3.8) is 0 Å². The highest BCUT2D eigenvalue weighted by atomic mass is 35.5. The van der Waals surface area contributed by atoms with E-state index in [2.05, 4.69) is 19.8 Å². The molecule has 5 atom stereocenters. The highest BCUT2D eigenvalue weighted by molar-refractivity contribution is 7.70. The molecule has 2 aromatic carbocycles. The van der Waals surface area contributed by atoms with E-state index >= 15 is 4.39 Å². The Kier molecular flexibility index (Phi) is 8.32. The lowest BCUT2D eigenvalue weighted by molar-refractivity contribution is -0.0195. The third kappa shape index (κ3) is 6.90. The van der Waals surface area contributed by atoms with Gasteiger partial charge in [0.15, 0.2) is 5.90 Å².